The lowest BCUT2D eigenvalue weighted by Crippen LogP contribution is -2.58. The molecule has 2 heterocycles. The van der Waals surface area contributed by atoms with Gasteiger partial charge in [0.1, 0.15) is 11.5 Å². The van der Waals surface area contributed by atoms with Crippen LogP contribution in [0.4, 0.5) is 11.4 Å². The van der Waals surface area contributed by atoms with Gasteiger partial charge in [0.15, 0.2) is 0 Å². The normalized spacial score (nSPS) is 21.1. The summed E-state index contributed by atoms with van der Waals surface area (Å²) in [7, 11) is 5.03. The maximum atomic E-state index is 11.7. The van der Waals surface area contributed by atoms with Gasteiger partial charge in [0.05, 0.1) is 36.3 Å². The van der Waals surface area contributed by atoms with Crippen molar-refractivity contribution >= 4 is 17.5 Å². The van der Waals surface area contributed by atoms with E-state index in [9.17, 15) is 10.1 Å². The van der Waals surface area contributed by atoms with Crippen molar-refractivity contribution in [3.05, 3.63) is 57.6 Å². The van der Waals surface area contributed by atoms with Crippen molar-refractivity contribution in [3.8, 4) is 17.2 Å². The molecule has 0 saturated carbocycles. The van der Waals surface area contributed by atoms with Gasteiger partial charge in [-0.15, -0.1) is 0 Å². The third-order valence-electron chi connectivity index (χ3n) is 5.87. The number of para-hydroxylation sites is 1. The van der Waals surface area contributed by atoms with E-state index in [0.717, 1.165) is 17.0 Å². The minimum absolute atomic E-state index is 0.120. The van der Waals surface area contributed by atoms with E-state index in [1.54, 1.807) is 13.2 Å². The Labute approximate surface area is 163 Å². The third-order valence-corrected chi connectivity index (χ3v) is 5.87. The fraction of sp³-hybridized carbons (Fsp3) is 0.333. The lowest BCUT2D eigenvalue weighted by atomic mass is 9.76. The molecule has 146 valence electrons. The predicted octanol–water partition coefficient (Wildman–Crippen LogP) is 4.14. The second kappa shape index (κ2) is 5.89. The van der Waals surface area contributed by atoms with E-state index in [4.69, 9.17) is 14.2 Å². The van der Waals surface area contributed by atoms with Crippen molar-refractivity contribution in [2.45, 2.75) is 25.0 Å². The molecule has 7 nitrogen and oxygen atoms in total. The zero-order chi connectivity index (χ0) is 20.3. The number of methoxy groups -OCH3 is 2. The first-order valence-electron chi connectivity index (χ1n) is 8.93. The van der Waals surface area contributed by atoms with Crippen LogP contribution >= 0.6 is 0 Å². The third kappa shape index (κ3) is 2.16. The van der Waals surface area contributed by atoms with E-state index in [1.807, 2.05) is 42.3 Å². The van der Waals surface area contributed by atoms with Crippen LogP contribution in [-0.2, 0) is 5.41 Å². The zero-order valence-corrected chi connectivity index (χ0v) is 16.5. The Hall–Kier alpha value is -3.22. The fourth-order valence-electron chi connectivity index (χ4n) is 4.32. The van der Waals surface area contributed by atoms with Crippen LogP contribution in [0.25, 0.3) is 6.08 Å². The zero-order valence-electron chi connectivity index (χ0n) is 16.5. The number of hydrogen-bond acceptors (Lipinski definition) is 6. The van der Waals surface area contributed by atoms with Gasteiger partial charge in [0.25, 0.3) is 0 Å². The van der Waals surface area contributed by atoms with E-state index in [1.165, 1.54) is 13.2 Å². The van der Waals surface area contributed by atoms with Crippen LogP contribution in [0.3, 0.4) is 0 Å². The van der Waals surface area contributed by atoms with Crippen LogP contribution in [0.15, 0.2) is 36.4 Å². The summed E-state index contributed by atoms with van der Waals surface area (Å²) in [5, 5.41) is 11.7. The smallest absolute Gasteiger partial charge is 0.315 e. The van der Waals surface area contributed by atoms with Crippen molar-refractivity contribution in [2.75, 3.05) is 26.2 Å². The first kappa shape index (κ1) is 18.2. The highest BCUT2D eigenvalue weighted by Gasteiger charge is 2.59. The van der Waals surface area contributed by atoms with E-state index < -0.39 is 16.1 Å². The molecular formula is C21H22N2O5. The lowest BCUT2D eigenvalue weighted by molar-refractivity contribution is -0.386. The summed E-state index contributed by atoms with van der Waals surface area (Å²) in [5.41, 5.74) is 1.04. The topological polar surface area (TPSA) is 74.1 Å². The number of nitrogens with zero attached hydrogens (tertiary/aromatic N) is 2. The molecular weight excluding hydrogens is 360 g/mol. The van der Waals surface area contributed by atoms with Crippen molar-refractivity contribution in [1.29, 1.82) is 0 Å². The predicted molar refractivity (Wildman–Crippen MR) is 106 cm³/mol. The Morgan fingerprint density at radius 3 is 2.57 bits per heavy atom. The monoisotopic (exact) mass is 382 g/mol. The molecule has 28 heavy (non-hydrogen) atoms. The van der Waals surface area contributed by atoms with Crippen LogP contribution in [0.5, 0.6) is 17.2 Å². The molecule has 4 rings (SSSR count). The van der Waals surface area contributed by atoms with Crippen LogP contribution in [0.1, 0.15) is 25.0 Å². The molecule has 0 N–H and O–H groups in total. The lowest BCUT2D eigenvalue weighted by Gasteiger charge is -2.45. The van der Waals surface area contributed by atoms with Gasteiger partial charge < -0.3 is 19.1 Å². The molecule has 0 aliphatic carbocycles. The van der Waals surface area contributed by atoms with Crippen LogP contribution in [0, 0.1) is 10.1 Å². The minimum atomic E-state index is -0.934. The van der Waals surface area contributed by atoms with Gasteiger partial charge in [-0.25, -0.2) is 0 Å². The second-order valence-corrected chi connectivity index (χ2v) is 7.49. The molecule has 2 aliphatic heterocycles. The summed E-state index contributed by atoms with van der Waals surface area (Å²) >= 11 is 0. The number of ether oxygens (including phenoxy) is 3. The molecule has 7 heteroatoms. The summed E-state index contributed by atoms with van der Waals surface area (Å²) < 4.78 is 17.2. The van der Waals surface area contributed by atoms with Crippen molar-refractivity contribution in [2.24, 2.45) is 0 Å². The van der Waals surface area contributed by atoms with E-state index in [-0.39, 0.29) is 11.4 Å². The quantitative estimate of drug-likeness (QED) is 0.587. The molecule has 0 aromatic heterocycles. The molecule has 2 aromatic carbocycles. The highest BCUT2D eigenvalue weighted by molar-refractivity contribution is 5.78. The Balaban J connectivity index is 1.93. The minimum Gasteiger partial charge on any atom is -0.496 e. The number of hydrogen-bond donors (Lipinski definition) is 0. The van der Waals surface area contributed by atoms with Gasteiger partial charge >= 0.3 is 5.69 Å². The summed E-state index contributed by atoms with van der Waals surface area (Å²) in [6.07, 6.45) is 3.82. The average Bonchev–Trinajstić information content (AvgIpc) is 2.85. The van der Waals surface area contributed by atoms with E-state index >= 15 is 0 Å². The number of likely N-dealkylation sites (N-methyl/N-ethyl adjacent to an activating group) is 1. The van der Waals surface area contributed by atoms with Gasteiger partial charge in [0, 0.05) is 12.6 Å². The number of nitro groups is 1. The number of rotatable bonds is 3. The van der Waals surface area contributed by atoms with Gasteiger partial charge in [-0.05, 0) is 43.7 Å². The molecule has 0 fully saturated rings. The van der Waals surface area contributed by atoms with Crippen LogP contribution in [-0.4, -0.2) is 31.9 Å². The number of nitro benzene ring substituents is 1. The highest BCUT2D eigenvalue weighted by atomic mass is 16.6. The van der Waals surface area contributed by atoms with E-state index in [0.29, 0.717) is 11.3 Å². The maximum absolute atomic E-state index is 11.7. The van der Waals surface area contributed by atoms with Gasteiger partial charge in [0.2, 0.25) is 11.5 Å². The largest absolute Gasteiger partial charge is 0.496 e. The maximum Gasteiger partial charge on any atom is 0.315 e. The summed E-state index contributed by atoms with van der Waals surface area (Å²) in [6, 6.07) is 9.01. The number of anilines is 1. The SMILES string of the molecule is COc1cc2c(c([N+](=O)[O-])c1)OC1(C=C2)N(C)c2c(OC)cccc2C1(C)C. The van der Waals surface area contributed by atoms with Crippen LogP contribution < -0.4 is 19.1 Å². The summed E-state index contributed by atoms with van der Waals surface area (Å²) in [5.74, 6) is 1.38. The Kier molecular flexibility index (Phi) is 3.82. The first-order valence-corrected chi connectivity index (χ1v) is 8.93. The molecule has 2 aromatic rings. The second-order valence-electron chi connectivity index (χ2n) is 7.49. The van der Waals surface area contributed by atoms with Gasteiger partial charge in [-0.2, -0.15) is 0 Å². The van der Waals surface area contributed by atoms with Gasteiger partial charge in [-0.1, -0.05) is 12.1 Å². The first-order chi connectivity index (χ1) is 13.3. The molecule has 0 saturated heterocycles. The molecule has 1 unspecified atom stereocenters. The Morgan fingerprint density at radius 1 is 1.18 bits per heavy atom. The fourth-order valence-corrected chi connectivity index (χ4v) is 4.32. The Bertz CT molecular complexity index is 1010. The molecule has 0 bridgehead atoms. The van der Waals surface area contributed by atoms with Crippen molar-refractivity contribution in [3.63, 3.8) is 0 Å². The van der Waals surface area contributed by atoms with Gasteiger partial charge in [-0.3, -0.25) is 10.1 Å². The Morgan fingerprint density at radius 2 is 1.93 bits per heavy atom. The molecule has 1 spiro atoms. The standard InChI is InChI=1S/C21H22N2O5/c1-20(2)15-7-6-8-17(27-5)18(15)22(3)21(20)10-9-13-11-14(26-4)12-16(23(24)25)19(13)28-21/h6-12H,1-5H3. The molecule has 0 radical (unpaired) electrons. The van der Waals surface area contributed by atoms with E-state index in [2.05, 4.69) is 13.8 Å². The van der Waals surface area contributed by atoms with Crippen molar-refractivity contribution in [1.82, 2.24) is 0 Å². The molecule has 0 amide bonds. The van der Waals surface area contributed by atoms with Crippen LogP contribution in [0.2, 0.25) is 0 Å². The number of fused-ring (bicyclic) bond motifs is 2. The average molecular weight is 382 g/mol. The molecule has 2 aliphatic rings. The molecule has 1 atom stereocenters. The van der Waals surface area contributed by atoms with Crippen molar-refractivity contribution < 1.29 is 19.1 Å². The highest BCUT2D eigenvalue weighted by Crippen LogP contribution is 2.57. The summed E-state index contributed by atoms with van der Waals surface area (Å²) in [6.45, 7) is 4.14. The number of benzene rings is 2. The summed E-state index contributed by atoms with van der Waals surface area (Å²) in [4.78, 5) is 13.3.